The van der Waals surface area contributed by atoms with Gasteiger partial charge >= 0.3 is 5.97 Å². The zero-order valence-electron chi connectivity index (χ0n) is 22.4. The Labute approximate surface area is 222 Å². The third kappa shape index (κ3) is 5.69. The largest absolute Gasteiger partial charge is 0.481 e. The second-order valence-electron chi connectivity index (χ2n) is 10.4. The Morgan fingerprint density at radius 3 is 2.39 bits per heavy atom. The van der Waals surface area contributed by atoms with Gasteiger partial charge in [-0.25, -0.2) is 4.98 Å². The van der Waals surface area contributed by atoms with Gasteiger partial charge in [-0.3, -0.25) is 14.4 Å². The summed E-state index contributed by atoms with van der Waals surface area (Å²) in [5.74, 6) is -1.30. The molecular weight excluding hydrogens is 480 g/mol. The smallest absolute Gasteiger partial charge is 0.305 e. The molecule has 0 fully saturated rings. The number of rotatable bonds is 9. The molecule has 0 saturated carbocycles. The molecule has 8 nitrogen and oxygen atoms in total. The highest BCUT2D eigenvalue weighted by Crippen LogP contribution is 2.33. The highest BCUT2D eigenvalue weighted by atomic mass is 16.4. The van der Waals surface area contributed by atoms with Gasteiger partial charge in [0.1, 0.15) is 11.7 Å². The minimum atomic E-state index is -1.04. The van der Waals surface area contributed by atoms with E-state index in [2.05, 4.69) is 10.3 Å². The lowest BCUT2D eigenvalue weighted by molar-refractivity contribution is -0.138. The van der Waals surface area contributed by atoms with Crippen LogP contribution in [0, 0.1) is 26.7 Å². The number of pyridine rings is 2. The lowest BCUT2D eigenvalue weighted by atomic mass is 9.93. The molecule has 0 saturated heterocycles. The Balaban J connectivity index is 1.79. The van der Waals surface area contributed by atoms with Gasteiger partial charge in [-0.1, -0.05) is 32.0 Å². The molecule has 1 unspecified atom stereocenters. The predicted molar refractivity (Wildman–Crippen MR) is 147 cm³/mol. The first-order chi connectivity index (χ1) is 18.0. The molecule has 38 heavy (non-hydrogen) atoms. The fourth-order valence-corrected chi connectivity index (χ4v) is 5.00. The molecule has 1 aromatic carbocycles. The molecule has 8 heteroatoms. The van der Waals surface area contributed by atoms with Gasteiger partial charge in [-0.05, 0) is 73.1 Å². The van der Waals surface area contributed by atoms with E-state index in [4.69, 9.17) is 0 Å². The topological polar surface area (TPSA) is 106 Å². The molecular formula is C30H34N4O4. The zero-order chi connectivity index (χ0) is 27.6. The number of carboxylic acids is 1. The molecule has 3 aromatic heterocycles. The molecule has 0 bridgehead atoms. The standard InChI is InChI=1S/C30H34N4O4/c1-18(2)13-25(34-11-9-19(3)14-26(34)35)30(38)32-24(16-27(36)37)22-15-23(29-31-10-12-33(29)17-22)28-20(4)7-6-8-21(28)5/h6-12,14-15,17-18,24-25H,13,16H2,1-5H3,(H,32,38)(H,36,37)/t24?,25-/m0/s1. The lowest BCUT2D eigenvalue weighted by Crippen LogP contribution is -2.40. The summed E-state index contributed by atoms with van der Waals surface area (Å²) in [7, 11) is 0. The van der Waals surface area contributed by atoms with Crippen molar-refractivity contribution in [2.45, 2.75) is 59.5 Å². The van der Waals surface area contributed by atoms with Crippen LogP contribution in [0.3, 0.4) is 0 Å². The third-order valence-electron chi connectivity index (χ3n) is 6.79. The Hall–Kier alpha value is -4.20. The number of amides is 1. The summed E-state index contributed by atoms with van der Waals surface area (Å²) in [5, 5.41) is 12.7. The molecule has 0 aliphatic carbocycles. The van der Waals surface area contributed by atoms with Crippen LogP contribution >= 0.6 is 0 Å². The number of aromatic nitrogens is 3. The Morgan fingerprint density at radius 2 is 1.76 bits per heavy atom. The number of aryl methyl sites for hydroxylation is 3. The van der Waals surface area contributed by atoms with E-state index >= 15 is 0 Å². The first-order valence-electron chi connectivity index (χ1n) is 12.8. The van der Waals surface area contributed by atoms with Crippen molar-refractivity contribution in [3.63, 3.8) is 0 Å². The van der Waals surface area contributed by atoms with Gasteiger partial charge < -0.3 is 19.4 Å². The number of carbonyl (C=O) groups is 2. The van der Waals surface area contributed by atoms with E-state index in [0.29, 0.717) is 12.0 Å². The van der Waals surface area contributed by atoms with Gasteiger partial charge in [0.2, 0.25) is 5.91 Å². The zero-order valence-corrected chi connectivity index (χ0v) is 22.4. The van der Waals surface area contributed by atoms with E-state index in [1.807, 2.05) is 75.7 Å². The number of imidazole rings is 1. The van der Waals surface area contributed by atoms with E-state index in [9.17, 15) is 19.5 Å². The average molecular weight is 515 g/mol. The molecule has 1 amide bonds. The van der Waals surface area contributed by atoms with Gasteiger partial charge in [0, 0.05) is 36.4 Å². The van der Waals surface area contributed by atoms with Crippen LogP contribution < -0.4 is 10.9 Å². The monoisotopic (exact) mass is 514 g/mol. The summed E-state index contributed by atoms with van der Waals surface area (Å²) >= 11 is 0. The maximum atomic E-state index is 13.7. The summed E-state index contributed by atoms with van der Waals surface area (Å²) in [4.78, 5) is 42.9. The highest BCUT2D eigenvalue weighted by molar-refractivity contribution is 5.84. The van der Waals surface area contributed by atoms with E-state index in [0.717, 1.165) is 33.5 Å². The van der Waals surface area contributed by atoms with Crippen LogP contribution in [0.5, 0.6) is 0 Å². The van der Waals surface area contributed by atoms with Crippen molar-refractivity contribution in [3.05, 3.63) is 93.8 Å². The third-order valence-corrected chi connectivity index (χ3v) is 6.79. The minimum absolute atomic E-state index is 0.134. The predicted octanol–water partition coefficient (Wildman–Crippen LogP) is 5.01. The first-order valence-corrected chi connectivity index (χ1v) is 12.8. The number of benzene rings is 1. The van der Waals surface area contributed by atoms with Gasteiger partial charge in [-0.2, -0.15) is 0 Å². The van der Waals surface area contributed by atoms with Crippen molar-refractivity contribution >= 4 is 17.5 Å². The van der Waals surface area contributed by atoms with Crippen LogP contribution in [0.15, 0.2) is 66.0 Å². The molecule has 2 atom stereocenters. The van der Waals surface area contributed by atoms with E-state index in [1.54, 1.807) is 18.5 Å². The van der Waals surface area contributed by atoms with Crippen molar-refractivity contribution < 1.29 is 14.7 Å². The molecule has 198 valence electrons. The minimum Gasteiger partial charge on any atom is -0.481 e. The van der Waals surface area contributed by atoms with Crippen molar-refractivity contribution in [1.82, 2.24) is 19.3 Å². The molecule has 3 heterocycles. The number of carbonyl (C=O) groups excluding carboxylic acids is 1. The van der Waals surface area contributed by atoms with E-state index in [-0.39, 0.29) is 17.9 Å². The number of fused-ring (bicyclic) bond motifs is 1. The number of aliphatic carboxylic acids is 1. The van der Waals surface area contributed by atoms with Crippen LogP contribution in [0.1, 0.15) is 61.0 Å². The normalized spacial score (nSPS) is 13.0. The summed E-state index contributed by atoms with van der Waals surface area (Å²) < 4.78 is 3.29. The molecule has 4 aromatic rings. The van der Waals surface area contributed by atoms with Crippen molar-refractivity contribution in [1.29, 1.82) is 0 Å². The maximum absolute atomic E-state index is 13.7. The molecule has 2 N–H and O–H groups in total. The Morgan fingerprint density at radius 1 is 1.05 bits per heavy atom. The van der Waals surface area contributed by atoms with E-state index in [1.165, 1.54) is 10.6 Å². The highest BCUT2D eigenvalue weighted by Gasteiger charge is 2.27. The molecule has 0 aliphatic heterocycles. The number of hydrogen-bond acceptors (Lipinski definition) is 4. The molecule has 0 radical (unpaired) electrons. The quantitative estimate of drug-likeness (QED) is 0.327. The van der Waals surface area contributed by atoms with Crippen LogP contribution in [-0.4, -0.2) is 30.9 Å². The van der Waals surface area contributed by atoms with Crippen LogP contribution in [0.2, 0.25) is 0 Å². The number of carboxylic acid groups (broad SMARTS) is 1. The van der Waals surface area contributed by atoms with Crippen molar-refractivity contribution in [2.24, 2.45) is 5.92 Å². The van der Waals surface area contributed by atoms with Crippen LogP contribution in [0.4, 0.5) is 0 Å². The molecule has 0 spiro atoms. The molecule has 4 rings (SSSR count). The SMILES string of the molecule is Cc1ccn([C@@H](CC(C)C)C(=O)NC(CC(=O)O)c2cc(-c3c(C)cccc3C)c3nccn3c2)c(=O)c1. The second kappa shape index (κ2) is 11.0. The van der Waals surface area contributed by atoms with Crippen LogP contribution in [-0.2, 0) is 9.59 Å². The van der Waals surface area contributed by atoms with Crippen molar-refractivity contribution in [2.75, 3.05) is 0 Å². The fourth-order valence-electron chi connectivity index (χ4n) is 5.00. The summed E-state index contributed by atoms with van der Waals surface area (Å²) in [6.07, 6.45) is 7.07. The Kier molecular flexibility index (Phi) is 7.80. The van der Waals surface area contributed by atoms with Gasteiger partial charge in [-0.15, -0.1) is 0 Å². The average Bonchev–Trinajstić information content (AvgIpc) is 3.31. The molecule has 0 aliphatic rings. The summed E-state index contributed by atoms with van der Waals surface area (Å²) in [6, 6.07) is 9.68. The summed E-state index contributed by atoms with van der Waals surface area (Å²) in [5.41, 5.74) is 5.96. The number of hydrogen-bond donors (Lipinski definition) is 2. The van der Waals surface area contributed by atoms with Gasteiger partial charge in [0.25, 0.3) is 5.56 Å². The van der Waals surface area contributed by atoms with Gasteiger partial charge in [0.15, 0.2) is 0 Å². The number of nitrogens with zero attached hydrogens (tertiary/aromatic N) is 3. The lowest BCUT2D eigenvalue weighted by Gasteiger charge is -2.25. The summed E-state index contributed by atoms with van der Waals surface area (Å²) in [6.45, 7) is 9.85. The first kappa shape index (κ1) is 26.9. The van der Waals surface area contributed by atoms with Crippen molar-refractivity contribution in [3.8, 4) is 11.1 Å². The maximum Gasteiger partial charge on any atom is 0.305 e. The Bertz CT molecular complexity index is 1530. The van der Waals surface area contributed by atoms with Crippen LogP contribution in [0.25, 0.3) is 16.8 Å². The fraction of sp³-hybridized carbons (Fsp3) is 0.333. The second-order valence-corrected chi connectivity index (χ2v) is 10.4. The van der Waals surface area contributed by atoms with E-state index < -0.39 is 24.0 Å². The number of nitrogens with one attached hydrogen (secondary N) is 1. The van der Waals surface area contributed by atoms with Gasteiger partial charge in [0.05, 0.1) is 12.5 Å².